The predicted octanol–water partition coefficient (Wildman–Crippen LogP) is 1.95. The molecule has 0 fully saturated rings. The van der Waals surface area contributed by atoms with Crippen molar-refractivity contribution in [3.05, 3.63) is 29.6 Å². The first-order valence-electron chi connectivity index (χ1n) is 5.48. The molecule has 0 bridgehead atoms. The molecule has 0 amide bonds. The topological polar surface area (TPSA) is 52.5 Å². The molecule has 4 heteroatoms. The second-order valence-corrected chi connectivity index (χ2v) is 3.81. The van der Waals surface area contributed by atoms with Crippen LogP contribution in [0.3, 0.4) is 0 Å². The van der Waals surface area contributed by atoms with Gasteiger partial charge in [-0.05, 0) is 32.4 Å². The van der Waals surface area contributed by atoms with Gasteiger partial charge in [0.1, 0.15) is 11.6 Å². The molecule has 1 aromatic rings. The molecule has 1 rings (SSSR count). The van der Waals surface area contributed by atoms with Crippen molar-refractivity contribution in [2.24, 2.45) is 0 Å². The third kappa shape index (κ3) is 3.79. The summed E-state index contributed by atoms with van der Waals surface area (Å²) in [7, 11) is 0. The van der Waals surface area contributed by atoms with Crippen molar-refractivity contribution in [3.8, 4) is 5.75 Å². The Balaban J connectivity index is 2.49. The normalized spacial score (nSPS) is 12.7. The second kappa shape index (κ2) is 6.45. The van der Waals surface area contributed by atoms with E-state index in [4.69, 9.17) is 5.11 Å². The molecule has 0 aliphatic heterocycles. The minimum absolute atomic E-state index is 0.0258. The van der Waals surface area contributed by atoms with E-state index in [0.717, 1.165) is 25.5 Å². The number of phenolic OH excluding ortho intramolecular Hbond substituents is 1. The summed E-state index contributed by atoms with van der Waals surface area (Å²) in [4.78, 5) is 0. The van der Waals surface area contributed by atoms with E-state index in [2.05, 4.69) is 5.32 Å². The molecule has 0 heterocycles. The SMILES string of the molecule is CC(NCCCCO)c1ccc(F)cc1O. The number of hydrogen-bond donors (Lipinski definition) is 3. The van der Waals surface area contributed by atoms with Crippen LogP contribution < -0.4 is 5.32 Å². The van der Waals surface area contributed by atoms with Gasteiger partial charge < -0.3 is 15.5 Å². The lowest BCUT2D eigenvalue weighted by atomic mass is 10.1. The lowest BCUT2D eigenvalue weighted by Gasteiger charge is -2.15. The first-order chi connectivity index (χ1) is 7.65. The van der Waals surface area contributed by atoms with Gasteiger partial charge in [-0.15, -0.1) is 0 Å². The van der Waals surface area contributed by atoms with Gasteiger partial charge in [0.2, 0.25) is 0 Å². The Morgan fingerprint density at radius 3 is 2.75 bits per heavy atom. The smallest absolute Gasteiger partial charge is 0.126 e. The first kappa shape index (κ1) is 12.9. The summed E-state index contributed by atoms with van der Waals surface area (Å²) in [6.45, 7) is 2.86. The zero-order valence-corrected chi connectivity index (χ0v) is 9.41. The van der Waals surface area contributed by atoms with Gasteiger partial charge in [0.25, 0.3) is 0 Å². The van der Waals surface area contributed by atoms with Gasteiger partial charge in [0, 0.05) is 24.3 Å². The highest BCUT2D eigenvalue weighted by Crippen LogP contribution is 2.24. The summed E-state index contributed by atoms with van der Waals surface area (Å²) in [6.07, 6.45) is 1.64. The minimum atomic E-state index is -0.436. The Morgan fingerprint density at radius 2 is 2.12 bits per heavy atom. The number of aliphatic hydroxyl groups excluding tert-OH is 1. The standard InChI is InChI=1S/C12H18FNO2/c1-9(14-6-2-3-7-15)11-5-4-10(13)8-12(11)16/h4-5,8-9,14-16H,2-3,6-7H2,1H3. The fourth-order valence-corrected chi connectivity index (χ4v) is 1.55. The number of hydrogen-bond acceptors (Lipinski definition) is 3. The molecule has 0 aliphatic carbocycles. The maximum atomic E-state index is 12.8. The quantitative estimate of drug-likeness (QED) is 0.651. The Hall–Kier alpha value is -1.13. The number of unbranched alkanes of at least 4 members (excludes halogenated alkanes) is 1. The van der Waals surface area contributed by atoms with Crippen LogP contribution in [0.4, 0.5) is 4.39 Å². The predicted molar refractivity (Wildman–Crippen MR) is 60.8 cm³/mol. The van der Waals surface area contributed by atoms with Crippen molar-refractivity contribution in [3.63, 3.8) is 0 Å². The van der Waals surface area contributed by atoms with Crippen molar-refractivity contribution < 1.29 is 14.6 Å². The number of aliphatic hydroxyl groups is 1. The molecule has 3 nitrogen and oxygen atoms in total. The molecule has 90 valence electrons. The molecule has 0 spiro atoms. The van der Waals surface area contributed by atoms with Gasteiger partial charge in [0.15, 0.2) is 0 Å². The number of benzene rings is 1. The Morgan fingerprint density at radius 1 is 1.38 bits per heavy atom. The average Bonchev–Trinajstić information content (AvgIpc) is 2.24. The maximum absolute atomic E-state index is 12.8. The summed E-state index contributed by atoms with van der Waals surface area (Å²) < 4.78 is 12.8. The summed E-state index contributed by atoms with van der Waals surface area (Å²) in [5.74, 6) is -0.462. The van der Waals surface area contributed by atoms with Crippen molar-refractivity contribution >= 4 is 0 Å². The van der Waals surface area contributed by atoms with Crippen LogP contribution >= 0.6 is 0 Å². The van der Waals surface area contributed by atoms with Crippen molar-refractivity contribution in [2.45, 2.75) is 25.8 Å². The monoisotopic (exact) mass is 227 g/mol. The third-order valence-electron chi connectivity index (χ3n) is 2.49. The molecular formula is C12H18FNO2. The van der Waals surface area contributed by atoms with Crippen molar-refractivity contribution in [1.82, 2.24) is 5.32 Å². The van der Waals surface area contributed by atoms with Crippen LogP contribution in [0.1, 0.15) is 31.4 Å². The van der Waals surface area contributed by atoms with E-state index in [-0.39, 0.29) is 18.4 Å². The highest BCUT2D eigenvalue weighted by molar-refractivity contribution is 5.34. The molecule has 0 saturated carbocycles. The molecule has 3 N–H and O–H groups in total. The van der Waals surface area contributed by atoms with Gasteiger partial charge in [-0.2, -0.15) is 0 Å². The van der Waals surface area contributed by atoms with Crippen LogP contribution in [0.5, 0.6) is 5.75 Å². The average molecular weight is 227 g/mol. The highest BCUT2D eigenvalue weighted by atomic mass is 19.1. The molecule has 0 saturated heterocycles. The Bertz CT molecular complexity index is 331. The third-order valence-corrected chi connectivity index (χ3v) is 2.49. The van der Waals surface area contributed by atoms with Gasteiger partial charge in [-0.1, -0.05) is 6.07 Å². The van der Waals surface area contributed by atoms with Crippen LogP contribution in [0.15, 0.2) is 18.2 Å². The van der Waals surface area contributed by atoms with E-state index in [1.54, 1.807) is 6.07 Å². The molecule has 1 unspecified atom stereocenters. The molecular weight excluding hydrogens is 209 g/mol. The second-order valence-electron chi connectivity index (χ2n) is 3.81. The molecule has 0 aromatic heterocycles. The zero-order chi connectivity index (χ0) is 12.0. The Labute approximate surface area is 94.9 Å². The summed E-state index contributed by atoms with van der Waals surface area (Å²) in [5.41, 5.74) is 0.686. The van der Waals surface area contributed by atoms with E-state index in [9.17, 15) is 9.50 Å². The molecule has 1 atom stereocenters. The van der Waals surface area contributed by atoms with Crippen LogP contribution in [0.25, 0.3) is 0 Å². The summed E-state index contributed by atoms with van der Waals surface area (Å²) >= 11 is 0. The lowest BCUT2D eigenvalue weighted by molar-refractivity contribution is 0.282. The fourth-order valence-electron chi connectivity index (χ4n) is 1.55. The van der Waals surface area contributed by atoms with Crippen LogP contribution in [0, 0.1) is 5.82 Å². The van der Waals surface area contributed by atoms with Gasteiger partial charge in [-0.3, -0.25) is 0 Å². The summed E-state index contributed by atoms with van der Waals surface area (Å²) in [6, 6.07) is 4.00. The van der Waals surface area contributed by atoms with Gasteiger partial charge >= 0.3 is 0 Å². The minimum Gasteiger partial charge on any atom is -0.508 e. The maximum Gasteiger partial charge on any atom is 0.126 e. The van der Waals surface area contributed by atoms with E-state index in [0.29, 0.717) is 5.56 Å². The molecule has 0 radical (unpaired) electrons. The van der Waals surface area contributed by atoms with E-state index < -0.39 is 5.82 Å². The number of aromatic hydroxyl groups is 1. The van der Waals surface area contributed by atoms with Crippen LogP contribution in [-0.4, -0.2) is 23.4 Å². The largest absolute Gasteiger partial charge is 0.508 e. The van der Waals surface area contributed by atoms with Crippen molar-refractivity contribution in [2.75, 3.05) is 13.2 Å². The zero-order valence-electron chi connectivity index (χ0n) is 9.41. The Kier molecular flexibility index (Phi) is 5.22. The number of phenols is 1. The highest BCUT2D eigenvalue weighted by Gasteiger charge is 2.09. The number of halogens is 1. The first-order valence-corrected chi connectivity index (χ1v) is 5.48. The van der Waals surface area contributed by atoms with Crippen LogP contribution in [0.2, 0.25) is 0 Å². The van der Waals surface area contributed by atoms with Gasteiger partial charge in [0.05, 0.1) is 0 Å². The van der Waals surface area contributed by atoms with E-state index >= 15 is 0 Å². The molecule has 0 aliphatic rings. The molecule has 16 heavy (non-hydrogen) atoms. The fraction of sp³-hybridized carbons (Fsp3) is 0.500. The summed E-state index contributed by atoms with van der Waals surface area (Å²) in [5, 5.41) is 21.4. The van der Waals surface area contributed by atoms with Gasteiger partial charge in [-0.25, -0.2) is 4.39 Å². The van der Waals surface area contributed by atoms with Crippen LogP contribution in [-0.2, 0) is 0 Å². The number of nitrogens with one attached hydrogen (secondary N) is 1. The lowest BCUT2D eigenvalue weighted by Crippen LogP contribution is -2.20. The number of rotatable bonds is 6. The van der Waals surface area contributed by atoms with E-state index in [1.165, 1.54) is 6.07 Å². The van der Waals surface area contributed by atoms with Crippen molar-refractivity contribution in [1.29, 1.82) is 0 Å². The molecule has 1 aromatic carbocycles. The van der Waals surface area contributed by atoms with E-state index in [1.807, 2.05) is 6.92 Å².